The molecular formula is C14H16N6O. The Morgan fingerprint density at radius 3 is 3.14 bits per heavy atom. The van der Waals surface area contributed by atoms with Crippen LogP contribution in [0.1, 0.15) is 12.8 Å². The second-order valence-electron chi connectivity index (χ2n) is 5.23. The summed E-state index contributed by atoms with van der Waals surface area (Å²) in [5.74, 6) is 0.553. The first kappa shape index (κ1) is 12.3. The van der Waals surface area contributed by atoms with E-state index in [1.807, 2.05) is 12.3 Å². The molecule has 0 spiro atoms. The predicted molar refractivity (Wildman–Crippen MR) is 78.9 cm³/mol. The first-order chi connectivity index (χ1) is 10.4. The van der Waals surface area contributed by atoms with Crippen LogP contribution in [-0.2, 0) is 0 Å². The molecule has 1 saturated heterocycles. The third-order valence-electron chi connectivity index (χ3n) is 3.83. The number of piperidine rings is 1. The maximum atomic E-state index is 4.87. The minimum atomic E-state index is 0.393. The fourth-order valence-corrected chi connectivity index (χ4v) is 2.80. The molecule has 0 amide bonds. The van der Waals surface area contributed by atoms with Crippen LogP contribution in [0, 0.1) is 0 Å². The number of H-pyrrole nitrogens is 1. The van der Waals surface area contributed by atoms with Gasteiger partial charge in [0.2, 0.25) is 12.2 Å². The van der Waals surface area contributed by atoms with Crippen molar-refractivity contribution in [2.45, 2.75) is 18.9 Å². The molecule has 1 aliphatic heterocycles. The molecule has 1 aliphatic rings. The van der Waals surface area contributed by atoms with Gasteiger partial charge in [0, 0.05) is 30.4 Å². The number of nitrogens with one attached hydrogen (secondary N) is 3. The van der Waals surface area contributed by atoms with E-state index in [1.54, 1.807) is 6.20 Å². The first-order valence-electron chi connectivity index (χ1n) is 7.12. The van der Waals surface area contributed by atoms with Crippen molar-refractivity contribution in [3.63, 3.8) is 0 Å². The Hall–Kier alpha value is -2.41. The van der Waals surface area contributed by atoms with Gasteiger partial charge in [0.1, 0.15) is 5.65 Å². The maximum absolute atomic E-state index is 4.87. The van der Waals surface area contributed by atoms with Crippen LogP contribution in [0.2, 0.25) is 0 Å². The van der Waals surface area contributed by atoms with Crippen molar-refractivity contribution >= 4 is 16.7 Å². The summed E-state index contributed by atoms with van der Waals surface area (Å²) in [4.78, 5) is 11.7. The average molecular weight is 284 g/mol. The minimum absolute atomic E-state index is 0.393. The van der Waals surface area contributed by atoms with E-state index >= 15 is 0 Å². The van der Waals surface area contributed by atoms with E-state index in [0.717, 1.165) is 41.8 Å². The van der Waals surface area contributed by atoms with Crippen molar-refractivity contribution in [3.8, 4) is 11.4 Å². The van der Waals surface area contributed by atoms with Gasteiger partial charge < -0.3 is 20.1 Å². The topological polar surface area (TPSA) is 91.7 Å². The van der Waals surface area contributed by atoms with Crippen molar-refractivity contribution in [2.24, 2.45) is 0 Å². The SMILES string of the molecule is c1cc2c(NC3CCCNC3)c(-c3ncon3)cnc2[nH]1. The van der Waals surface area contributed by atoms with Crippen molar-refractivity contribution in [1.29, 1.82) is 0 Å². The highest BCUT2D eigenvalue weighted by molar-refractivity contribution is 5.97. The summed E-state index contributed by atoms with van der Waals surface area (Å²) in [7, 11) is 0. The van der Waals surface area contributed by atoms with E-state index in [9.17, 15) is 0 Å². The van der Waals surface area contributed by atoms with Crippen molar-refractivity contribution in [3.05, 3.63) is 24.9 Å². The van der Waals surface area contributed by atoms with Crippen LogP contribution in [0.25, 0.3) is 22.4 Å². The molecule has 7 heteroatoms. The van der Waals surface area contributed by atoms with Crippen LogP contribution >= 0.6 is 0 Å². The van der Waals surface area contributed by atoms with Gasteiger partial charge in [-0.15, -0.1) is 0 Å². The monoisotopic (exact) mass is 284 g/mol. The van der Waals surface area contributed by atoms with E-state index in [0.29, 0.717) is 11.9 Å². The Morgan fingerprint density at radius 2 is 2.33 bits per heavy atom. The first-order valence-corrected chi connectivity index (χ1v) is 7.12. The number of hydrogen-bond donors (Lipinski definition) is 3. The van der Waals surface area contributed by atoms with E-state index < -0.39 is 0 Å². The smallest absolute Gasteiger partial charge is 0.214 e. The van der Waals surface area contributed by atoms with Gasteiger partial charge in [-0.2, -0.15) is 4.98 Å². The van der Waals surface area contributed by atoms with Gasteiger partial charge in [-0.25, -0.2) is 4.98 Å². The largest absolute Gasteiger partial charge is 0.380 e. The fraction of sp³-hybridized carbons (Fsp3) is 0.357. The number of aromatic amines is 1. The van der Waals surface area contributed by atoms with Gasteiger partial charge in [-0.3, -0.25) is 0 Å². The number of nitrogens with zero attached hydrogens (tertiary/aromatic N) is 3. The lowest BCUT2D eigenvalue weighted by atomic mass is 10.1. The summed E-state index contributed by atoms with van der Waals surface area (Å²) in [6.07, 6.45) is 7.33. The Balaban J connectivity index is 1.79. The number of anilines is 1. The van der Waals surface area contributed by atoms with E-state index in [-0.39, 0.29) is 0 Å². The molecule has 3 aromatic rings. The number of rotatable bonds is 3. The highest BCUT2D eigenvalue weighted by Gasteiger charge is 2.19. The Bertz CT molecular complexity index is 729. The molecule has 0 radical (unpaired) electrons. The normalized spacial score (nSPS) is 19.0. The van der Waals surface area contributed by atoms with Gasteiger partial charge in [-0.1, -0.05) is 5.16 Å². The number of aromatic nitrogens is 4. The molecule has 4 rings (SSSR count). The average Bonchev–Trinajstić information content (AvgIpc) is 3.20. The van der Waals surface area contributed by atoms with Gasteiger partial charge >= 0.3 is 0 Å². The molecule has 3 aromatic heterocycles. The Kier molecular flexibility index (Phi) is 3.04. The minimum Gasteiger partial charge on any atom is -0.380 e. The van der Waals surface area contributed by atoms with Crippen LogP contribution in [0.5, 0.6) is 0 Å². The zero-order valence-electron chi connectivity index (χ0n) is 11.5. The number of fused-ring (bicyclic) bond motifs is 1. The molecule has 7 nitrogen and oxygen atoms in total. The molecule has 0 bridgehead atoms. The van der Waals surface area contributed by atoms with Crippen molar-refractivity contribution in [2.75, 3.05) is 18.4 Å². The summed E-state index contributed by atoms with van der Waals surface area (Å²) in [6.45, 7) is 2.05. The fourth-order valence-electron chi connectivity index (χ4n) is 2.80. The lowest BCUT2D eigenvalue weighted by Crippen LogP contribution is -2.38. The Morgan fingerprint density at radius 1 is 1.33 bits per heavy atom. The van der Waals surface area contributed by atoms with Gasteiger partial charge in [0.25, 0.3) is 0 Å². The van der Waals surface area contributed by atoms with E-state index in [2.05, 4.69) is 30.7 Å². The van der Waals surface area contributed by atoms with Crippen LogP contribution in [-0.4, -0.2) is 39.2 Å². The Labute approximate surface area is 121 Å². The van der Waals surface area contributed by atoms with Gasteiger partial charge in [0.15, 0.2) is 0 Å². The summed E-state index contributed by atoms with van der Waals surface area (Å²) in [5.41, 5.74) is 2.73. The summed E-state index contributed by atoms with van der Waals surface area (Å²) >= 11 is 0. The third kappa shape index (κ3) is 2.25. The van der Waals surface area contributed by atoms with Crippen LogP contribution in [0.4, 0.5) is 5.69 Å². The second kappa shape index (κ2) is 5.17. The molecule has 0 aromatic carbocycles. The van der Waals surface area contributed by atoms with E-state index in [1.165, 1.54) is 12.8 Å². The van der Waals surface area contributed by atoms with Gasteiger partial charge in [0.05, 0.1) is 11.3 Å². The summed E-state index contributed by atoms with van der Waals surface area (Å²) in [5, 5.41) is 12.0. The second-order valence-corrected chi connectivity index (χ2v) is 5.23. The lowest BCUT2D eigenvalue weighted by molar-refractivity contribution is 0.418. The molecule has 1 fully saturated rings. The lowest BCUT2D eigenvalue weighted by Gasteiger charge is -2.26. The molecule has 0 aliphatic carbocycles. The van der Waals surface area contributed by atoms with Crippen LogP contribution in [0.3, 0.4) is 0 Å². The van der Waals surface area contributed by atoms with Crippen LogP contribution < -0.4 is 10.6 Å². The highest BCUT2D eigenvalue weighted by Crippen LogP contribution is 2.32. The zero-order valence-corrected chi connectivity index (χ0v) is 11.5. The summed E-state index contributed by atoms with van der Waals surface area (Å²) in [6, 6.07) is 2.41. The van der Waals surface area contributed by atoms with Crippen molar-refractivity contribution in [1.82, 2.24) is 25.4 Å². The van der Waals surface area contributed by atoms with Crippen molar-refractivity contribution < 1.29 is 4.52 Å². The highest BCUT2D eigenvalue weighted by atomic mass is 16.5. The predicted octanol–water partition coefficient (Wildman–Crippen LogP) is 1.78. The molecular weight excluding hydrogens is 268 g/mol. The standard InChI is InChI=1S/C14H16N6O/c1-2-9(6-15-4-1)19-12-10-3-5-16-13(10)17-7-11(12)14-18-8-21-20-14/h3,5,7-9,15H,1-2,4,6H2,(H2,16,17,19). The van der Waals surface area contributed by atoms with Gasteiger partial charge in [-0.05, 0) is 25.5 Å². The molecule has 0 saturated carbocycles. The molecule has 1 atom stereocenters. The quantitative estimate of drug-likeness (QED) is 0.679. The van der Waals surface area contributed by atoms with Crippen LogP contribution in [0.15, 0.2) is 29.4 Å². The third-order valence-corrected chi connectivity index (χ3v) is 3.83. The summed E-state index contributed by atoms with van der Waals surface area (Å²) < 4.78 is 4.87. The molecule has 3 N–H and O–H groups in total. The zero-order chi connectivity index (χ0) is 14.1. The molecule has 1 unspecified atom stereocenters. The number of hydrogen-bond acceptors (Lipinski definition) is 6. The molecule has 21 heavy (non-hydrogen) atoms. The maximum Gasteiger partial charge on any atom is 0.214 e. The number of pyridine rings is 1. The van der Waals surface area contributed by atoms with E-state index in [4.69, 9.17) is 4.52 Å². The molecule has 108 valence electrons. The molecule has 4 heterocycles.